The molecule has 0 bridgehead atoms. The van der Waals surface area contributed by atoms with Crippen molar-refractivity contribution in [3.63, 3.8) is 0 Å². The van der Waals surface area contributed by atoms with Gasteiger partial charge in [-0.1, -0.05) is 48.5 Å². The molecule has 0 spiro atoms. The maximum absolute atomic E-state index is 12.6. The van der Waals surface area contributed by atoms with Gasteiger partial charge in [0.1, 0.15) is 0 Å². The molecular weight excluding hydrogens is 340 g/mol. The lowest BCUT2D eigenvalue weighted by molar-refractivity contribution is -0.682. The summed E-state index contributed by atoms with van der Waals surface area (Å²) in [6, 6.07) is 16.8. The molecule has 1 aromatic heterocycles. The van der Waals surface area contributed by atoms with Gasteiger partial charge in [-0.25, -0.2) is 4.79 Å². The van der Waals surface area contributed by atoms with E-state index in [4.69, 9.17) is 0 Å². The highest BCUT2D eigenvalue weighted by atomic mass is 16.2. The third kappa shape index (κ3) is 4.74. The minimum absolute atomic E-state index is 0.314. The van der Waals surface area contributed by atoms with Crippen molar-refractivity contribution in [2.75, 3.05) is 13.1 Å². The van der Waals surface area contributed by atoms with Crippen molar-refractivity contribution in [3.8, 4) is 0 Å². The number of nitrogens with one attached hydrogen (secondary N) is 3. The molecule has 2 aromatic carbocycles. The molecule has 6 nitrogen and oxygen atoms in total. The van der Waals surface area contributed by atoms with Crippen molar-refractivity contribution >= 4 is 22.8 Å². The van der Waals surface area contributed by atoms with E-state index in [0.717, 1.165) is 24.0 Å². The van der Waals surface area contributed by atoms with E-state index in [1.807, 2.05) is 60.9 Å². The summed E-state index contributed by atoms with van der Waals surface area (Å²) in [5, 5.41) is 8.20. The largest absolute Gasteiger partial charge is 0.361 e. The van der Waals surface area contributed by atoms with E-state index >= 15 is 0 Å². The summed E-state index contributed by atoms with van der Waals surface area (Å²) in [5.41, 5.74) is 3.21. The molecule has 0 aliphatic carbocycles. The third-order valence-corrected chi connectivity index (χ3v) is 4.51. The number of carbonyl (C=O) groups is 2. The summed E-state index contributed by atoms with van der Waals surface area (Å²) >= 11 is 0. The minimum atomic E-state index is -0.473. The average Bonchev–Trinajstić information content (AvgIpc) is 3.09. The molecule has 0 radical (unpaired) electrons. The van der Waals surface area contributed by atoms with E-state index in [0.29, 0.717) is 6.54 Å². The van der Waals surface area contributed by atoms with Crippen LogP contribution in [0.2, 0.25) is 0 Å². The lowest BCUT2D eigenvalue weighted by Gasteiger charge is -2.15. The topological polar surface area (TPSA) is 90.6 Å². The second-order valence-corrected chi connectivity index (χ2v) is 6.37. The summed E-state index contributed by atoms with van der Waals surface area (Å²) in [6.07, 6.45) is 2.84. The molecule has 3 aromatic rings. The Bertz CT molecular complexity index is 905. The summed E-state index contributed by atoms with van der Waals surface area (Å²) in [7, 11) is 0. The fraction of sp³-hybridized carbons (Fsp3) is 0.238. The highest BCUT2D eigenvalue weighted by Crippen LogP contribution is 2.17. The molecule has 5 N–H and O–H groups in total. The molecule has 0 aliphatic rings. The second-order valence-electron chi connectivity index (χ2n) is 6.37. The lowest BCUT2D eigenvalue weighted by Crippen LogP contribution is -2.88. The number of hydrogen-bond donors (Lipinski definition) is 4. The quantitative estimate of drug-likeness (QED) is 0.515. The predicted octanol–water partition coefficient (Wildman–Crippen LogP) is 1.86. The van der Waals surface area contributed by atoms with Crippen LogP contribution < -0.4 is 16.0 Å². The van der Waals surface area contributed by atoms with Crippen LogP contribution in [0.5, 0.6) is 0 Å². The van der Waals surface area contributed by atoms with Gasteiger partial charge in [0.25, 0.3) is 5.91 Å². The van der Waals surface area contributed by atoms with E-state index in [-0.39, 0.29) is 5.91 Å². The zero-order valence-corrected chi connectivity index (χ0v) is 15.4. The van der Waals surface area contributed by atoms with Crippen LogP contribution in [0.3, 0.4) is 0 Å². The fourth-order valence-corrected chi connectivity index (χ4v) is 3.19. The fourth-order valence-electron chi connectivity index (χ4n) is 3.19. The van der Waals surface area contributed by atoms with Crippen LogP contribution in [0.1, 0.15) is 24.1 Å². The van der Waals surface area contributed by atoms with Gasteiger partial charge in [-0.05, 0) is 18.6 Å². The normalized spacial score (nSPS) is 11.9. The minimum Gasteiger partial charge on any atom is -0.361 e. The van der Waals surface area contributed by atoms with Crippen molar-refractivity contribution < 1.29 is 14.9 Å². The summed E-state index contributed by atoms with van der Waals surface area (Å²) < 4.78 is 0. The van der Waals surface area contributed by atoms with Crippen molar-refractivity contribution in [1.82, 2.24) is 15.6 Å². The summed E-state index contributed by atoms with van der Waals surface area (Å²) in [6.45, 7) is 3.01. The second kappa shape index (κ2) is 9.00. The van der Waals surface area contributed by atoms with Gasteiger partial charge in [0.05, 0.1) is 6.54 Å². The molecule has 0 saturated carbocycles. The SMILES string of the molecule is CCNC(=O)NC(=O)[C@H]([NH2+]CCc1c[nH]c2ccccc12)c1ccccc1. The Morgan fingerprint density at radius 2 is 1.81 bits per heavy atom. The van der Waals surface area contributed by atoms with Gasteiger partial charge < -0.3 is 15.6 Å². The Hall–Kier alpha value is -3.12. The Balaban J connectivity index is 1.68. The van der Waals surface area contributed by atoms with E-state index in [1.54, 1.807) is 0 Å². The molecule has 0 aliphatic heterocycles. The first-order chi connectivity index (χ1) is 13.2. The van der Waals surface area contributed by atoms with E-state index in [2.05, 4.69) is 27.8 Å². The number of fused-ring (bicyclic) bond motifs is 1. The van der Waals surface area contributed by atoms with Crippen molar-refractivity contribution in [2.24, 2.45) is 0 Å². The number of H-pyrrole nitrogens is 1. The number of benzene rings is 2. The average molecular weight is 365 g/mol. The number of imide groups is 1. The van der Waals surface area contributed by atoms with Gasteiger partial charge >= 0.3 is 6.03 Å². The van der Waals surface area contributed by atoms with Crippen LogP contribution in [-0.2, 0) is 11.2 Å². The molecular formula is C21H25N4O2+. The molecule has 27 heavy (non-hydrogen) atoms. The lowest BCUT2D eigenvalue weighted by atomic mass is 10.1. The van der Waals surface area contributed by atoms with E-state index in [1.165, 1.54) is 10.9 Å². The van der Waals surface area contributed by atoms with Gasteiger partial charge in [0.15, 0.2) is 6.04 Å². The predicted molar refractivity (Wildman–Crippen MR) is 105 cm³/mol. The molecule has 0 unspecified atom stereocenters. The number of rotatable bonds is 7. The van der Waals surface area contributed by atoms with Crippen molar-refractivity contribution in [2.45, 2.75) is 19.4 Å². The van der Waals surface area contributed by atoms with Crippen LogP contribution >= 0.6 is 0 Å². The molecule has 1 atom stereocenters. The number of quaternary nitrogens is 1. The monoisotopic (exact) mass is 365 g/mol. The maximum Gasteiger partial charge on any atom is 0.321 e. The first-order valence-electron chi connectivity index (χ1n) is 9.21. The number of nitrogens with two attached hydrogens (primary N) is 1. The third-order valence-electron chi connectivity index (χ3n) is 4.51. The highest BCUT2D eigenvalue weighted by molar-refractivity contribution is 5.96. The molecule has 1 heterocycles. The van der Waals surface area contributed by atoms with Crippen LogP contribution in [0.15, 0.2) is 60.8 Å². The molecule has 0 saturated heterocycles. The number of amides is 3. The zero-order chi connectivity index (χ0) is 19.1. The summed E-state index contributed by atoms with van der Waals surface area (Å²) in [5.74, 6) is -0.314. The smallest absolute Gasteiger partial charge is 0.321 e. The molecule has 3 rings (SSSR count). The number of hydrogen-bond acceptors (Lipinski definition) is 2. The van der Waals surface area contributed by atoms with Crippen LogP contribution in [0.25, 0.3) is 10.9 Å². The number of urea groups is 1. The standard InChI is InChI=1S/C21H24N4O2/c1-2-22-21(27)25-20(26)19(15-8-4-3-5-9-15)23-13-12-16-14-24-18-11-7-6-10-17(16)18/h3-11,14,19,23-24H,2,12-13H2,1H3,(H2,22,25,26,27)/p+1/t19-/m1/s1. The zero-order valence-electron chi connectivity index (χ0n) is 15.4. The van der Waals surface area contributed by atoms with E-state index < -0.39 is 12.1 Å². The first kappa shape index (κ1) is 18.7. The number of aromatic amines is 1. The molecule has 0 fully saturated rings. The number of para-hydroxylation sites is 1. The van der Waals surface area contributed by atoms with Crippen LogP contribution in [-0.4, -0.2) is 30.0 Å². The van der Waals surface area contributed by atoms with Gasteiger partial charge in [0, 0.05) is 35.6 Å². The van der Waals surface area contributed by atoms with Gasteiger partial charge in [-0.3, -0.25) is 10.1 Å². The Kier molecular flexibility index (Phi) is 6.22. The number of aromatic nitrogens is 1. The maximum atomic E-state index is 12.6. The molecule has 3 amide bonds. The van der Waals surface area contributed by atoms with Crippen LogP contribution in [0, 0.1) is 0 Å². The van der Waals surface area contributed by atoms with Gasteiger partial charge in [-0.2, -0.15) is 0 Å². The summed E-state index contributed by atoms with van der Waals surface area (Å²) in [4.78, 5) is 27.6. The first-order valence-corrected chi connectivity index (χ1v) is 9.21. The van der Waals surface area contributed by atoms with Gasteiger partial charge in [0.2, 0.25) is 0 Å². The Morgan fingerprint density at radius 1 is 1.07 bits per heavy atom. The Labute approximate surface area is 158 Å². The number of carbonyl (C=O) groups excluding carboxylic acids is 2. The Morgan fingerprint density at radius 3 is 2.59 bits per heavy atom. The van der Waals surface area contributed by atoms with Gasteiger partial charge in [-0.15, -0.1) is 0 Å². The molecule has 6 heteroatoms. The van der Waals surface area contributed by atoms with Crippen molar-refractivity contribution in [1.29, 1.82) is 0 Å². The molecule has 140 valence electrons. The van der Waals surface area contributed by atoms with Crippen LogP contribution in [0.4, 0.5) is 4.79 Å². The van der Waals surface area contributed by atoms with E-state index in [9.17, 15) is 9.59 Å². The van der Waals surface area contributed by atoms with Crippen molar-refractivity contribution in [3.05, 3.63) is 71.9 Å². The highest BCUT2D eigenvalue weighted by Gasteiger charge is 2.25.